The van der Waals surface area contributed by atoms with Gasteiger partial charge in [-0.15, -0.1) is 0 Å². The van der Waals surface area contributed by atoms with Crippen molar-refractivity contribution in [2.45, 2.75) is 57.9 Å². The maximum Gasteiger partial charge on any atom is 0.234 e. The van der Waals surface area contributed by atoms with Gasteiger partial charge in [0, 0.05) is 32.1 Å². The van der Waals surface area contributed by atoms with Crippen LogP contribution in [0, 0.1) is 5.92 Å². The van der Waals surface area contributed by atoms with Gasteiger partial charge in [0.15, 0.2) is 0 Å². The molecule has 0 aromatic carbocycles. The second kappa shape index (κ2) is 8.51. The number of rotatable bonds is 8. The molecule has 0 spiro atoms. The van der Waals surface area contributed by atoms with Gasteiger partial charge >= 0.3 is 0 Å². The first kappa shape index (κ1) is 17.3. The second-order valence-corrected chi connectivity index (χ2v) is 6.89. The van der Waals surface area contributed by atoms with Gasteiger partial charge in [0.2, 0.25) is 11.8 Å². The van der Waals surface area contributed by atoms with Gasteiger partial charge in [-0.1, -0.05) is 6.42 Å². The van der Waals surface area contributed by atoms with Crippen LogP contribution in [0.2, 0.25) is 0 Å². The van der Waals surface area contributed by atoms with Crippen molar-refractivity contribution < 1.29 is 9.59 Å². The van der Waals surface area contributed by atoms with E-state index in [1.54, 1.807) is 0 Å². The van der Waals surface area contributed by atoms with Gasteiger partial charge in [-0.2, -0.15) is 0 Å². The number of likely N-dealkylation sites (N-methyl/N-ethyl adjacent to an activating group) is 1. The van der Waals surface area contributed by atoms with E-state index in [-0.39, 0.29) is 11.8 Å². The molecule has 22 heavy (non-hydrogen) atoms. The van der Waals surface area contributed by atoms with Crippen molar-refractivity contribution in [2.24, 2.45) is 5.92 Å². The number of likely N-dealkylation sites (tertiary alicyclic amines) is 1. The molecule has 2 aliphatic rings. The van der Waals surface area contributed by atoms with Crippen LogP contribution in [-0.4, -0.2) is 60.9 Å². The Labute approximate surface area is 134 Å². The lowest BCUT2D eigenvalue weighted by Gasteiger charge is -2.24. The lowest BCUT2D eigenvalue weighted by Crippen LogP contribution is -2.41. The number of nitrogens with one attached hydrogen (secondary N) is 1. The molecule has 2 amide bonds. The SMILES string of the molecule is C[C@H](C1CC1)N(C)CC(=O)NCCCN1CCCCCC1=O. The number of hydrogen-bond donors (Lipinski definition) is 1. The smallest absolute Gasteiger partial charge is 0.234 e. The lowest BCUT2D eigenvalue weighted by molar-refractivity contribution is -0.130. The minimum Gasteiger partial charge on any atom is -0.355 e. The molecular weight excluding hydrogens is 278 g/mol. The molecular formula is C17H31N3O2. The Morgan fingerprint density at radius 2 is 2.14 bits per heavy atom. The Hall–Kier alpha value is -1.10. The van der Waals surface area contributed by atoms with Gasteiger partial charge in [0.05, 0.1) is 6.54 Å². The van der Waals surface area contributed by atoms with Crippen LogP contribution in [0.4, 0.5) is 0 Å². The van der Waals surface area contributed by atoms with Crippen LogP contribution in [0.5, 0.6) is 0 Å². The number of carbonyl (C=O) groups is 2. The van der Waals surface area contributed by atoms with Crippen LogP contribution in [0.1, 0.15) is 51.9 Å². The minimum absolute atomic E-state index is 0.0946. The topological polar surface area (TPSA) is 52.7 Å². The van der Waals surface area contributed by atoms with Gasteiger partial charge < -0.3 is 10.2 Å². The maximum absolute atomic E-state index is 11.9. The highest BCUT2D eigenvalue weighted by Crippen LogP contribution is 2.34. The Bertz CT molecular complexity index is 382. The Kier molecular flexibility index (Phi) is 6.68. The third-order valence-electron chi connectivity index (χ3n) is 4.99. The fourth-order valence-corrected chi connectivity index (χ4v) is 3.14. The number of nitrogens with zero attached hydrogens (tertiary/aromatic N) is 2. The van der Waals surface area contributed by atoms with E-state index in [4.69, 9.17) is 0 Å². The summed E-state index contributed by atoms with van der Waals surface area (Å²) in [6.45, 7) is 4.99. The number of carbonyl (C=O) groups excluding carboxylic acids is 2. The third-order valence-corrected chi connectivity index (χ3v) is 4.99. The monoisotopic (exact) mass is 309 g/mol. The number of amides is 2. The van der Waals surface area contributed by atoms with Gasteiger partial charge in [-0.3, -0.25) is 14.5 Å². The minimum atomic E-state index is 0.0946. The van der Waals surface area contributed by atoms with E-state index >= 15 is 0 Å². The summed E-state index contributed by atoms with van der Waals surface area (Å²) in [5.41, 5.74) is 0. The van der Waals surface area contributed by atoms with Crippen LogP contribution < -0.4 is 5.32 Å². The van der Waals surface area contributed by atoms with Crippen molar-refractivity contribution in [3.05, 3.63) is 0 Å². The Morgan fingerprint density at radius 1 is 1.36 bits per heavy atom. The standard InChI is InChI=1S/C17H31N3O2/c1-14(15-8-9-15)19(2)13-16(21)18-10-6-12-20-11-5-3-4-7-17(20)22/h14-15H,3-13H2,1-2H3,(H,18,21)/t14-/m1/s1. The third kappa shape index (κ3) is 5.59. The van der Waals surface area contributed by atoms with Crippen LogP contribution in [0.15, 0.2) is 0 Å². The van der Waals surface area contributed by atoms with E-state index < -0.39 is 0 Å². The number of hydrogen-bond acceptors (Lipinski definition) is 3. The molecule has 1 atom stereocenters. The average Bonchev–Trinajstić information content (AvgIpc) is 3.32. The zero-order chi connectivity index (χ0) is 15.9. The fraction of sp³-hybridized carbons (Fsp3) is 0.882. The summed E-state index contributed by atoms with van der Waals surface area (Å²) in [7, 11) is 2.03. The first-order valence-corrected chi connectivity index (χ1v) is 8.82. The summed E-state index contributed by atoms with van der Waals surface area (Å²) in [4.78, 5) is 27.9. The molecule has 2 fully saturated rings. The molecule has 5 heteroatoms. The molecule has 1 aliphatic carbocycles. The Morgan fingerprint density at radius 3 is 2.86 bits per heavy atom. The summed E-state index contributed by atoms with van der Waals surface area (Å²) in [5, 5.41) is 2.98. The van der Waals surface area contributed by atoms with E-state index in [2.05, 4.69) is 17.1 Å². The lowest BCUT2D eigenvalue weighted by atomic mass is 10.2. The molecule has 0 aromatic heterocycles. The highest BCUT2D eigenvalue weighted by molar-refractivity contribution is 5.78. The molecule has 126 valence electrons. The van der Waals surface area contributed by atoms with Crippen LogP contribution in [0.3, 0.4) is 0 Å². The van der Waals surface area contributed by atoms with E-state index in [1.165, 1.54) is 12.8 Å². The molecule has 0 unspecified atom stereocenters. The van der Waals surface area contributed by atoms with Crippen molar-refractivity contribution in [2.75, 3.05) is 33.2 Å². The second-order valence-electron chi connectivity index (χ2n) is 6.89. The van der Waals surface area contributed by atoms with Crippen molar-refractivity contribution in [3.8, 4) is 0 Å². The van der Waals surface area contributed by atoms with Crippen LogP contribution >= 0.6 is 0 Å². The van der Waals surface area contributed by atoms with E-state index in [0.717, 1.165) is 44.7 Å². The van der Waals surface area contributed by atoms with Crippen molar-refractivity contribution in [1.29, 1.82) is 0 Å². The van der Waals surface area contributed by atoms with Crippen molar-refractivity contribution in [3.63, 3.8) is 0 Å². The van der Waals surface area contributed by atoms with E-state index in [1.807, 2.05) is 11.9 Å². The zero-order valence-corrected chi connectivity index (χ0v) is 14.1. The van der Waals surface area contributed by atoms with Crippen LogP contribution in [0.25, 0.3) is 0 Å². The summed E-state index contributed by atoms with van der Waals surface area (Å²) in [6, 6.07) is 0.500. The Balaban J connectivity index is 1.57. The molecule has 0 radical (unpaired) electrons. The molecule has 0 bridgehead atoms. The maximum atomic E-state index is 11.9. The van der Waals surface area contributed by atoms with E-state index in [9.17, 15) is 9.59 Å². The van der Waals surface area contributed by atoms with Gasteiger partial charge in [0.1, 0.15) is 0 Å². The molecule has 1 saturated carbocycles. The van der Waals surface area contributed by atoms with E-state index in [0.29, 0.717) is 25.6 Å². The summed E-state index contributed by atoms with van der Waals surface area (Å²) < 4.78 is 0. The average molecular weight is 309 g/mol. The summed E-state index contributed by atoms with van der Waals surface area (Å²) in [6.07, 6.45) is 7.44. The van der Waals surface area contributed by atoms with Crippen LogP contribution in [-0.2, 0) is 9.59 Å². The summed E-state index contributed by atoms with van der Waals surface area (Å²) in [5.74, 6) is 1.16. The van der Waals surface area contributed by atoms with Gasteiger partial charge in [-0.25, -0.2) is 0 Å². The zero-order valence-electron chi connectivity index (χ0n) is 14.1. The fourth-order valence-electron chi connectivity index (χ4n) is 3.14. The predicted octanol–water partition coefficient (Wildman–Crippen LogP) is 1.63. The molecule has 1 saturated heterocycles. The first-order valence-electron chi connectivity index (χ1n) is 8.82. The normalized spacial score (nSPS) is 20.9. The van der Waals surface area contributed by atoms with Gasteiger partial charge in [0.25, 0.3) is 0 Å². The highest BCUT2D eigenvalue weighted by atomic mass is 16.2. The highest BCUT2D eigenvalue weighted by Gasteiger charge is 2.30. The predicted molar refractivity (Wildman–Crippen MR) is 87.5 cm³/mol. The van der Waals surface area contributed by atoms with Crippen molar-refractivity contribution >= 4 is 11.8 Å². The molecule has 1 aliphatic heterocycles. The quantitative estimate of drug-likeness (QED) is 0.693. The first-order chi connectivity index (χ1) is 10.6. The summed E-state index contributed by atoms with van der Waals surface area (Å²) >= 11 is 0. The molecule has 5 nitrogen and oxygen atoms in total. The largest absolute Gasteiger partial charge is 0.355 e. The molecule has 2 rings (SSSR count). The molecule has 0 aromatic rings. The van der Waals surface area contributed by atoms with Crippen molar-refractivity contribution in [1.82, 2.24) is 15.1 Å². The molecule has 1 N–H and O–H groups in total. The van der Waals surface area contributed by atoms with Gasteiger partial charge in [-0.05, 0) is 52.0 Å². The molecule has 1 heterocycles.